The van der Waals surface area contributed by atoms with Crippen LogP contribution in [0.15, 0.2) is 45.8 Å². The third kappa shape index (κ3) is 5.22. The largest absolute Gasteiger partial charge is 0.147 e. The molecule has 5 heteroatoms. The molecule has 1 aromatic rings. The van der Waals surface area contributed by atoms with Gasteiger partial charge in [0.15, 0.2) is 0 Å². The minimum atomic E-state index is -1.73. The van der Waals surface area contributed by atoms with Crippen LogP contribution in [0.3, 0.4) is 0 Å². The molecule has 0 aromatic heterocycles. The first-order valence-electron chi connectivity index (χ1n) is 6.24. The second-order valence-electron chi connectivity index (χ2n) is 4.83. The van der Waals surface area contributed by atoms with Crippen molar-refractivity contribution < 1.29 is 20.9 Å². The van der Waals surface area contributed by atoms with Crippen LogP contribution in [0.4, 0.5) is 5.69 Å². The molecule has 19 heavy (non-hydrogen) atoms. The third-order valence-corrected chi connectivity index (χ3v) is 26.7. The van der Waals surface area contributed by atoms with Crippen molar-refractivity contribution in [2.24, 2.45) is 0 Å². The van der Waals surface area contributed by atoms with Gasteiger partial charge in [-0.1, -0.05) is 0 Å². The van der Waals surface area contributed by atoms with Gasteiger partial charge >= 0.3 is 114 Å². The standard InChI is InChI=1S/C7H8N.C5H5.C2H7Si.2ClH.Hf/c1-6-4-2-3-5-7(6)8;1-2-4-5-3-1;1-3-2;;;/h2-5,8H,1H3;1-3H,4H2;3H,1-2H3;2*1H;/q-1;;;;;+1. The SMILES string of the molecule is Cc1ccccc1[NH][Hf]([C]1=CC=CC1)[SiH](C)C.Cl.Cl. The molecule has 105 valence electrons. The van der Waals surface area contributed by atoms with Gasteiger partial charge in [-0.3, -0.25) is 0 Å². The molecule has 0 saturated heterocycles. The van der Waals surface area contributed by atoms with Gasteiger partial charge in [0.1, 0.15) is 0 Å². The van der Waals surface area contributed by atoms with Crippen LogP contribution in [0.1, 0.15) is 12.0 Å². The first-order valence-corrected chi connectivity index (χ1v) is 18.9. The summed E-state index contributed by atoms with van der Waals surface area (Å²) in [5.41, 5.74) is 2.76. The normalized spacial score (nSPS) is 12.5. The molecule has 0 unspecified atom stereocenters. The van der Waals surface area contributed by atoms with Gasteiger partial charge in [-0.2, -0.15) is 0 Å². The maximum Gasteiger partial charge on any atom is -0.147 e. The molecule has 0 atom stereocenters. The van der Waals surface area contributed by atoms with E-state index in [-0.39, 0.29) is 24.8 Å². The number of anilines is 1. The Hall–Kier alpha value is 0.167. The van der Waals surface area contributed by atoms with Crippen molar-refractivity contribution in [1.82, 2.24) is 0 Å². The summed E-state index contributed by atoms with van der Waals surface area (Å²) in [7, 11) is 0. The van der Waals surface area contributed by atoms with E-state index >= 15 is 0 Å². The van der Waals surface area contributed by atoms with E-state index in [4.69, 9.17) is 0 Å². The van der Waals surface area contributed by atoms with E-state index in [1.54, 1.807) is 3.33 Å². The van der Waals surface area contributed by atoms with E-state index in [1.165, 1.54) is 17.7 Å². The number of para-hydroxylation sites is 1. The number of nitrogens with one attached hydrogen (secondary N) is 1. The zero-order valence-electron chi connectivity index (χ0n) is 11.6. The van der Waals surface area contributed by atoms with Crippen molar-refractivity contribution in [3.05, 3.63) is 51.4 Å². The molecule has 1 aromatic carbocycles. The monoisotopic (exact) mass is 482 g/mol. The van der Waals surface area contributed by atoms with Crippen molar-refractivity contribution >= 4 is 36.5 Å². The van der Waals surface area contributed by atoms with Crippen LogP contribution in [0.2, 0.25) is 13.1 Å². The van der Waals surface area contributed by atoms with E-state index in [9.17, 15) is 0 Å². The molecule has 0 saturated carbocycles. The molecule has 1 aliphatic rings. The summed E-state index contributed by atoms with van der Waals surface area (Å²) < 4.78 is 5.72. The first kappa shape index (κ1) is 19.2. The quantitative estimate of drug-likeness (QED) is 0.619. The number of rotatable bonds is 4. The Morgan fingerprint density at radius 3 is 2.37 bits per heavy atom. The zero-order chi connectivity index (χ0) is 12.3. The summed E-state index contributed by atoms with van der Waals surface area (Å²) in [5, 5.41) is 0. The molecule has 0 heterocycles. The van der Waals surface area contributed by atoms with Gasteiger partial charge in [0.25, 0.3) is 0 Å². The molecule has 0 fully saturated rings. The molecule has 0 spiro atoms. The van der Waals surface area contributed by atoms with E-state index in [0.717, 1.165) is 0 Å². The summed E-state index contributed by atoms with van der Waals surface area (Å²) in [6.45, 7) is 7.22. The first-order chi connectivity index (χ1) is 8.18. The van der Waals surface area contributed by atoms with Crippen LogP contribution < -0.4 is 3.30 Å². The molecule has 0 bridgehead atoms. The molecule has 1 nitrogen and oxygen atoms in total. The smallest absolute Gasteiger partial charge is 0.147 e. The van der Waals surface area contributed by atoms with E-state index < -0.39 is 26.9 Å². The molecule has 1 aliphatic carbocycles. The number of allylic oxidation sites excluding steroid dienone is 4. The number of halogens is 2. The fraction of sp³-hybridized carbons (Fsp3) is 0.286. The van der Waals surface area contributed by atoms with Crippen LogP contribution in [-0.2, 0) is 20.9 Å². The average molecular weight is 482 g/mol. The van der Waals surface area contributed by atoms with Gasteiger partial charge in [-0.05, 0) is 0 Å². The molecule has 2 rings (SSSR count). The third-order valence-electron chi connectivity index (χ3n) is 3.11. The summed E-state index contributed by atoms with van der Waals surface area (Å²) >= 11 is -1.73. The van der Waals surface area contributed by atoms with Crippen molar-refractivity contribution in [2.45, 2.75) is 26.4 Å². The Labute approximate surface area is 137 Å². The van der Waals surface area contributed by atoms with E-state index in [1.807, 2.05) is 0 Å². The maximum absolute atomic E-state index is 3.96. The van der Waals surface area contributed by atoms with Crippen molar-refractivity contribution in [2.75, 3.05) is 3.30 Å². The zero-order valence-corrected chi connectivity index (χ0v) is 18.0. The predicted octanol–water partition coefficient (Wildman–Crippen LogP) is 4.61. The number of benzene rings is 1. The van der Waals surface area contributed by atoms with Gasteiger partial charge < -0.3 is 0 Å². The van der Waals surface area contributed by atoms with Gasteiger partial charge in [-0.15, -0.1) is 24.8 Å². The van der Waals surface area contributed by atoms with Gasteiger partial charge in [0.2, 0.25) is 0 Å². The second kappa shape index (κ2) is 9.17. The van der Waals surface area contributed by atoms with Crippen molar-refractivity contribution in [3.63, 3.8) is 0 Å². The molecular weight excluding hydrogens is 460 g/mol. The topological polar surface area (TPSA) is 12.0 Å². The Morgan fingerprint density at radius 2 is 1.84 bits per heavy atom. The van der Waals surface area contributed by atoms with Gasteiger partial charge in [0, 0.05) is 0 Å². The molecule has 0 aliphatic heterocycles. The fourth-order valence-corrected chi connectivity index (χ4v) is 22.1. The van der Waals surface area contributed by atoms with Crippen LogP contribution >= 0.6 is 24.8 Å². The Morgan fingerprint density at radius 1 is 1.16 bits per heavy atom. The Balaban J connectivity index is 0.00000162. The molecular formula is C14H22Cl2HfNSi. The Bertz CT molecular complexity index is 461. The molecule has 0 amide bonds. The van der Waals surface area contributed by atoms with Crippen molar-refractivity contribution in [1.29, 1.82) is 0 Å². The predicted molar refractivity (Wildman–Crippen MR) is 90.0 cm³/mol. The van der Waals surface area contributed by atoms with Crippen LogP contribution in [0, 0.1) is 6.92 Å². The molecule has 0 radical (unpaired) electrons. The minimum absolute atomic E-state index is 0. The van der Waals surface area contributed by atoms with Crippen molar-refractivity contribution in [3.8, 4) is 0 Å². The van der Waals surface area contributed by atoms with Crippen LogP contribution in [-0.4, -0.2) is 5.98 Å². The van der Waals surface area contributed by atoms with Gasteiger partial charge in [0.05, 0.1) is 0 Å². The van der Waals surface area contributed by atoms with E-state index in [2.05, 4.69) is 65.8 Å². The second-order valence-corrected chi connectivity index (χ2v) is 30.5. The van der Waals surface area contributed by atoms with E-state index in [0.29, 0.717) is 0 Å². The summed E-state index contributed by atoms with van der Waals surface area (Å²) in [4.78, 5) is 0. The number of hydrogen-bond donors (Lipinski definition) is 1. The molecule has 1 N–H and O–H groups in total. The number of hydrogen-bond acceptors (Lipinski definition) is 1. The average Bonchev–Trinajstić information content (AvgIpc) is 2.81. The number of aryl methyl sites for hydroxylation is 1. The summed E-state index contributed by atoms with van der Waals surface area (Å²) in [5.74, 6) is -0.535. The summed E-state index contributed by atoms with van der Waals surface area (Å²) in [6, 6.07) is 8.70. The Kier molecular flexibility index (Phi) is 9.25. The van der Waals surface area contributed by atoms with Crippen LogP contribution in [0.5, 0.6) is 0 Å². The van der Waals surface area contributed by atoms with Crippen LogP contribution in [0.25, 0.3) is 0 Å². The van der Waals surface area contributed by atoms with Gasteiger partial charge in [-0.25, -0.2) is 0 Å². The maximum atomic E-state index is 3.96. The summed E-state index contributed by atoms with van der Waals surface area (Å²) in [6.07, 6.45) is 8.12. The fourth-order valence-electron chi connectivity index (χ4n) is 2.10. The minimum Gasteiger partial charge on any atom is -0.147 e.